The molecule has 14 heteroatoms. The molecule has 2 aliphatic heterocycles. The first kappa shape index (κ1) is 34.8. The van der Waals surface area contributed by atoms with Crippen LogP contribution in [-0.4, -0.2) is 63.0 Å². The molecule has 0 saturated carbocycles. The van der Waals surface area contributed by atoms with Crippen LogP contribution in [0.15, 0.2) is 78.9 Å². The van der Waals surface area contributed by atoms with Crippen molar-refractivity contribution in [2.24, 2.45) is 5.41 Å². The van der Waals surface area contributed by atoms with Gasteiger partial charge >= 0.3 is 13.3 Å². The maximum absolute atomic E-state index is 14.5. The van der Waals surface area contributed by atoms with Gasteiger partial charge in [-0.2, -0.15) is 8.78 Å². The second-order valence-corrected chi connectivity index (χ2v) is 16.1. The largest absolute Gasteiger partial charge is 0.399 e. The number of halogens is 2. The standard InChI is InChI=1S/C35H36F2N3O7PS/c1-34(2,3)30(38-31(41)28-18-23-17-24(13-14-27(23)49-28)35(36,37)48(44,45)46)33(43)40-19-22-11-7-8-12-25(22)29(40)32(42)39-15-16-47-26(20-39)21-9-5-4-6-10-21/h4-14,17-18,26,29-30H,15-16,19-20H2,1-3H3,(H,38,41)(H2,44,45,46)/t26-,29-,30?/m0/s1. The smallest absolute Gasteiger partial charge is 0.370 e. The fourth-order valence-electron chi connectivity index (χ4n) is 6.28. The molecule has 0 bridgehead atoms. The Hall–Kier alpha value is -4.00. The molecule has 3 aromatic carbocycles. The van der Waals surface area contributed by atoms with E-state index >= 15 is 0 Å². The van der Waals surface area contributed by atoms with Gasteiger partial charge in [-0.15, -0.1) is 11.3 Å². The van der Waals surface area contributed by atoms with Crippen molar-refractivity contribution in [3.8, 4) is 0 Å². The lowest BCUT2D eigenvalue weighted by atomic mass is 9.85. The van der Waals surface area contributed by atoms with Crippen LogP contribution in [0.25, 0.3) is 10.1 Å². The van der Waals surface area contributed by atoms with Crippen molar-refractivity contribution < 1.29 is 42.3 Å². The van der Waals surface area contributed by atoms with Crippen LogP contribution in [0.3, 0.4) is 0 Å². The average Bonchev–Trinajstić information content (AvgIpc) is 3.68. The summed E-state index contributed by atoms with van der Waals surface area (Å²) in [6.45, 7) is 6.56. The van der Waals surface area contributed by atoms with E-state index in [-0.39, 0.29) is 28.8 Å². The molecule has 3 atom stereocenters. The van der Waals surface area contributed by atoms with Crippen LogP contribution in [0.5, 0.6) is 0 Å². The monoisotopic (exact) mass is 711 g/mol. The van der Waals surface area contributed by atoms with Gasteiger partial charge in [0.2, 0.25) is 11.8 Å². The molecule has 0 aliphatic carbocycles. The maximum Gasteiger partial charge on any atom is 0.399 e. The lowest BCUT2D eigenvalue weighted by molar-refractivity contribution is -0.152. The molecule has 3 N–H and O–H groups in total. The number of carbonyl (C=O) groups is 3. The first-order valence-corrected chi connectivity index (χ1v) is 18.1. The van der Waals surface area contributed by atoms with Gasteiger partial charge in [-0.3, -0.25) is 18.9 Å². The third-order valence-electron chi connectivity index (χ3n) is 8.91. The highest BCUT2D eigenvalue weighted by atomic mass is 32.1. The Morgan fingerprint density at radius 1 is 1.00 bits per heavy atom. The number of nitrogens with one attached hydrogen (secondary N) is 1. The summed E-state index contributed by atoms with van der Waals surface area (Å²) in [5.41, 5.74) is -3.59. The molecule has 0 radical (unpaired) electrons. The number of hydrogen-bond acceptors (Lipinski definition) is 6. The van der Waals surface area contributed by atoms with Gasteiger partial charge < -0.3 is 29.6 Å². The van der Waals surface area contributed by atoms with Gasteiger partial charge in [0.25, 0.3) is 5.91 Å². The summed E-state index contributed by atoms with van der Waals surface area (Å²) >= 11 is 0.993. The molecule has 1 saturated heterocycles. The summed E-state index contributed by atoms with van der Waals surface area (Å²) in [6.07, 6.45) is -0.318. The number of rotatable bonds is 7. The van der Waals surface area contributed by atoms with E-state index < -0.39 is 48.1 Å². The van der Waals surface area contributed by atoms with Gasteiger partial charge in [-0.05, 0) is 45.7 Å². The predicted molar refractivity (Wildman–Crippen MR) is 180 cm³/mol. The SMILES string of the molecule is CC(C)(C)C(NC(=O)c1cc2cc(C(F)(F)P(=O)(O)O)ccc2s1)C(=O)N1Cc2ccccc2[C@H]1C(=O)N1CCO[C@H](c2ccccc2)C1. The van der Waals surface area contributed by atoms with Gasteiger partial charge in [0, 0.05) is 23.4 Å². The van der Waals surface area contributed by atoms with Crippen LogP contribution in [0.1, 0.15) is 64.8 Å². The zero-order chi connectivity index (χ0) is 35.3. The molecule has 1 unspecified atom stereocenters. The third-order valence-corrected chi connectivity index (χ3v) is 11.0. The van der Waals surface area contributed by atoms with E-state index in [4.69, 9.17) is 14.5 Å². The first-order chi connectivity index (χ1) is 23.1. The molecule has 3 amide bonds. The number of hydrogen-bond donors (Lipinski definition) is 3. The summed E-state index contributed by atoms with van der Waals surface area (Å²) in [7, 11) is -5.79. The molecular formula is C35H36F2N3O7PS. The summed E-state index contributed by atoms with van der Waals surface area (Å²) in [5.74, 6) is -1.32. The predicted octanol–water partition coefficient (Wildman–Crippen LogP) is 5.96. The fraction of sp³-hybridized carbons (Fsp3) is 0.343. The average molecular weight is 712 g/mol. The second-order valence-electron chi connectivity index (χ2n) is 13.3. The molecule has 3 heterocycles. The topological polar surface area (TPSA) is 136 Å². The van der Waals surface area contributed by atoms with E-state index in [2.05, 4.69) is 5.32 Å². The van der Waals surface area contributed by atoms with E-state index in [1.807, 2.05) is 54.6 Å². The van der Waals surface area contributed by atoms with Crippen molar-refractivity contribution in [3.63, 3.8) is 0 Å². The van der Waals surface area contributed by atoms with Crippen LogP contribution >= 0.6 is 18.9 Å². The molecule has 10 nitrogen and oxygen atoms in total. The molecule has 258 valence electrons. The number of amides is 3. The molecule has 4 aromatic rings. The Labute approximate surface area is 285 Å². The van der Waals surface area contributed by atoms with Crippen molar-refractivity contribution in [2.45, 2.75) is 51.2 Å². The highest BCUT2D eigenvalue weighted by molar-refractivity contribution is 7.52. The zero-order valence-corrected chi connectivity index (χ0v) is 28.7. The Balaban J connectivity index is 1.26. The minimum Gasteiger partial charge on any atom is -0.370 e. The zero-order valence-electron chi connectivity index (χ0n) is 27.0. The van der Waals surface area contributed by atoms with Crippen LogP contribution in [-0.2, 0) is 31.1 Å². The highest BCUT2D eigenvalue weighted by Gasteiger charge is 2.50. The quantitative estimate of drug-likeness (QED) is 0.202. The number of fused-ring (bicyclic) bond motifs is 2. The Kier molecular flexibility index (Phi) is 9.27. The number of alkyl halides is 2. The van der Waals surface area contributed by atoms with Crippen LogP contribution < -0.4 is 5.32 Å². The lowest BCUT2D eigenvalue weighted by Crippen LogP contribution is -2.56. The van der Waals surface area contributed by atoms with E-state index in [1.54, 1.807) is 25.7 Å². The normalized spacial score (nSPS) is 19.1. The summed E-state index contributed by atoms with van der Waals surface area (Å²) in [5, 5.41) is 3.03. The van der Waals surface area contributed by atoms with Crippen molar-refractivity contribution >= 4 is 46.7 Å². The number of ether oxygens (including phenoxy) is 1. The van der Waals surface area contributed by atoms with Crippen LogP contribution in [0.2, 0.25) is 0 Å². The first-order valence-electron chi connectivity index (χ1n) is 15.7. The molecule has 2 aliphatic rings. The molecular weight excluding hydrogens is 675 g/mol. The molecule has 49 heavy (non-hydrogen) atoms. The number of morpholine rings is 1. The Bertz CT molecular complexity index is 1960. The van der Waals surface area contributed by atoms with Gasteiger partial charge in [-0.25, -0.2) is 0 Å². The van der Waals surface area contributed by atoms with Gasteiger partial charge in [-0.1, -0.05) is 81.4 Å². The van der Waals surface area contributed by atoms with E-state index in [1.165, 1.54) is 17.0 Å². The molecule has 1 aromatic heterocycles. The molecule has 0 spiro atoms. The lowest BCUT2D eigenvalue weighted by Gasteiger charge is -2.39. The summed E-state index contributed by atoms with van der Waals surface area (Å²) in [6, 6.07) is 19.5. The van der Waals surface area contributed by atoms with E-state index in [0.717, 1.165) is 40.2 Å². The fourth-order valence-corrected chi connectivity index (χ4v) is 7.70. The number of nitrogens with zero attached hydrogens (tertiary/aromatic N) is 2. The maximum atomic E-state index is 14.5. The van der Waals surface area contributed by atoms with Gasteiger partial charge in [0.1, 0.15) is 18.2 Å². The van der Waals surface area contributed by atoms with Crippen molar-refractivity contribution in [3.05, 3.63) is 106 Å². The molecule has 6 rings (SSSR count). The minimum atomic E-state index is -5.79. The van der Waals surface area contributed by atoms with Gasteiger partial charge in [0.05, 0.1) is 18.0 Å². The van der Waals surface area contributed by atoms with E-state index in [0.29, 0.717) is 24.4 Å². The third kappa shape index (κ3) is 6.78. The van der Waals surface area contributed by atoms with Crippen LogP contribution in [0, 0.1) is 5.41 Å². The van der Waals surface area contributed by atoms with Crippen LogP contribution in [0.4, 0.5) is 8.78 Å². The Morgan fingerprint density at radius 2 is 1.69 bits per heavy atom. The Morgan fingerprint density at radius 3 is 2.39 bits per heavy atom. The number of carbonyl (C=O) groups excluding carboxylic acids is 3. The van der Waals surface area contributed by atoms with Crippen molar-refractivity contribution in [1.82, 2.24) is 15.1 Å². The summed E-state index contributed by atoms with van der Waals surface area (Å²) < 4.78 is 46.6. The van der Waals surface area contributed by atoms with Crippen molar-refractivity contribution in [2.75, 3.05) is 19.7 Å². The minimum absolute atomic E-state index is 0.117. The number of benzene rings is 3. The number of thiophene rings is 1. The van der Waals surface area contributed by atoms with E-state index in [9.17, 15) is 27.7 Å². The molecule has 1 fully saturated rings. The summed E-state index contributed by atoms with van der Waals surface area (Å²) in [4.78, 5) is 64.1. The second kappa shape index (κ2) is 13.0. The van der Waals surface area contributed by atoms with Crippen molar-refractivity contribution in [1.29, 1.82) is 0 Å². The van der Waals surface area contributed by atoms with Gasteiger partial charge in [0.15, 0.2) is 0 Å². The highest BCUT2D eigenvalue weighted by Crippen LogP contribution is 2.59.